The minimum absolute atomic E-state index is 0.187. The minimum atomic E-state index is -0.628. The first-order valence-electron chi connectivity index (χ1n) is 6.65. The summed E-state index contributed by atoms with van der Waals surface area (Å²) < 4.78 is 31.0. The van der Waals surface area contributed by atoms with E-state index in [2.05, 4.69) is 10.6 Å². The number of methoxy groups -OCH3 is 1. The quantitative estimate of drug-likeness (QED) is 0.676. The highest BCUT2D eigenvalue weighted by Crippen LogP contribution is 2.09. The number of rotatable bonds is 8. The second kappa shape index (κ2) is 9.25. The molecular formula is C14H20F2N2O3. The van der Waals surface area contributed by atoms with Crippen molar-refractivity contribution in [2.24, 2.45) is 0 Å². The molecule has 0 saturated carbocycles. The monoisotopic (exact) mass is 302 g/mol. The van der Waals surface area contributed by atoms with Crippen LogP contribution in [0.1, 0.15) is 12.0 Å². The summed E-state index contributed by atoms with van der Waals surface area (Å²) in [5.41, 5.74) is 0.214. The molecular weight excluding hydrogens is 282 g/mol. The predicted octanol–water partition coefficient (Wildman–Crippen LogP) is 1.20. The Hall–Kier alpha value is -1.73. The fourth-order valence-electron chi connectivity index (χ4n) is 1.74. The summed E-state index contributed by atoms with van der Waals surface area (Å²) in [5.74, 6) is -1.01. The van der Waals surface area contributed by atoms with Crippen LogP contribution in [-0.2, 0) is 11.2 Å². The second-order valence-electron chi connectivity index (χ2n) is 4.57. The number of aliphatic hydroxyl groups is 1. The highest BCUT2D eigenvalue weighted by molar-refractivity contribution is 5.73. The largest absolute Gasteiger partial charge is 0.391 e. The lowest BCUT2D eigenvalue weighted by Crippen LogP contribution is -2.38. The van der Waals surface area contributed by atoms with Crippen LogP contribution >= 0.6 is 0 Å². The van der Waals surface area contributed by atoms with Crippen LogP contribution in [0.2, 0.25) is 0 Å². The van der Waals surface area contributed by atoms with E-state index in [4.69, 9.17) is 4.74 Å². The predicted molar refractivity (Wildman–Crippen MR) is 74.0 cm³/mol. The summed E-state index contributed by atoms with van der Waals surface area (Å²) in [6, 6.07) is 2.79. The van der Waals surface area contributed by atoms with E-state index in [1.165, 1.54) is 7.11 Å². The van der Waals surface area contributed by atoms with E-state index in [1.54, 1.807) is 0 Å². The summed E-state index contributed by atoms with van der Waals surface area (Å²) in [6.07, 6.45) is -0.0555. The van der Waals surface area contributed by atoms with Crippen LogP contribution in [0.25, 0.3) is 0 Å². The van der Waals surface area contributed by atoms with Crippen LogP contribution in [0.4, 0.5) is 13.6 Å². The van der Waals surface area contributed by atoms with Crippen LogP contribution < -0.4 is 10.6 Å². The maximum absolute atomic E-state index is 13.3. The molecule has 0 spiro atoms. The number of ether oxygens (including phenoxy) is 1. The van der Waals surface area contributed by atoms with Gasteiger partial charge in [0.2, 0.25) is 0 Å². The van der Waals surface area contributed by atoms with Crippen molar-refractivity contribution in [1.82, 2.24) is 10.6 Å². The van der Waals surface area contributed by atoms with Gasteiger partial charge in [0.05, 0.1) is 12.7 Å². The number of nitrogens with one attached hydrogen (secondary N) is 2. The van der Waals surface area contributed by atoms with Crippen molar-refractivity contribution in [3.8, 4) is 0 Å². The fraction of sp³-hybridized carbons (Fsp3) is 0.500. The molecule has 3 N–H and O–H groups in total. The van der Waals surface area contributed by atoms with Gasteiger partial charge in [0.25, 0.3) is 0 Å². The van der Waals surface area contributed by atoms with Gasteiger partial charge in [0, 0.05) is 20.2 Å². The SMILES string of the molecule is COCC(O)CCNC(=O)NCCc1cc(F)ccc1F. The summed E-state index contributed by atoms with van der Waals surface area (Å²) in [5, 5.41) is 14.5. The van der Waals surface area contributed by atoms with Crippen LogP contribution in [0.3, 0.4) is 0 Å². The molecule has 0 heterocycles. The van der Waals surface area contributed by atoms with Gasteiger partial charge in [-0.25, -0.2) is 13.6 Å². The highest BCUT2D eigenvalue weighted by atomic mass is 19.1. The molecule has 0 radical (unpaired) electrons. The van der Waals surface area contributed by atoms with E-state index in [0.29, 0.717) is 13.0 Å². The normalized spacial score (nSPS) is 12.0. The number of benzene rings is 1. The second-order valence-corrected chi connectivity index (χ2v) is 4.57. The van der Waals surface area contributed by atoms with Gasteiger partial charge in [-0.05, 0) is 36.6 Å². The maximum Gasteiger partial charge on any atom is 0.314 e. The summed E-state index contributed by atoms with van der Waals surface area (Å²) in [6.45, 7) is 0.694. The number of hydrogen-bond acceptors (Lipinski definition) is 3. The molecule has 5 nitrogen and oxygen atoms in total. The molecule has 1 aromatic carbocycles. The molecule has 1 aromatic rings. The van der Waals surface area contributed by atoms with Crippen molar-refractivity contribution in [3.05, 3.63) is 35.4 Å². The van der Waals surface area contributed by atoms with Crippen molar-refractivity contribution >= 4 is 6.03 Å². The first-order chi connectivity index (χ1) is 10.0. The van der Waals surface area contributed by atoms with Gasteiger partial charge in [-0.1, -0.05) is 0 Å². The van der Waals surface area contributed by atoms with Gasteiger partial charge in [-0.15, -0.1) is 0 Å². The molecule has 1 rings (SSSR count). The Morgan fingerprint density at radius 1 is 1.33 bits per heavy atom. The lowest BCUT2D eigenvalue weighted by molar-refractivity contribution is 0.0599. The summed E-state index contributed by atoms with van der Waals surface area (Å²) in [4.78, 5) is 11.4. The third-order valence-corrected chi connectivity index (χ3v) is 2.81. The third kappa shape index (κ3) is 7.01. The Morgan fingerprint density at radius 3 is 2.76 bits per heavy atom. The topological polar surface area (TPSA) is 70.6 Å². The lowest BCUT2D eigenvalue weighted by Gasteiger charge is -2.11. The third-order valence-electron chi connectivity index (χ3n) is 2.81. The highest BCUT2D eigenvalue weighted by Gasteiger charge is 2.06. The molecule has 0 saturated heterocycles. The Labute approximate surface area is 122 Å². The number of urea groups is 1. The molecule has 118 valence electrons. The zero-order valence-corrected chi connectivity index (χ0v) is 11.9. The summed E-state index contributed by atoms with van der Waals surface area (Å²) in [7, 11) is 1.48. The van der Waals surface area contributed by atoms with E-state index in [-0.39, 0.29) is 25.1 Å². The van der Waals surface area contributed by atoms with Crippen molar-refractivity contribution in [3.63, 3.8) is 0 Å². The van der Waals surface area contributed by atoms with Crippen LogP contribution in [-0.4, -0.2) is 44.0 Å². The van der Waals surface area contributed by atoms with Crippen LogP contribution in [0.15, 0.2) is 18.2 Å². The van der Waals surface area contributed by atoms with Gasteiger partial charge in [-0.2, -0.15) is 0 Å². The molecule has 1 atom stereocenters. The lowest BCUT2D eigenvalue weighted by atomic mass is 10.1. The van der Waals surface area contributed by atoms with Gasteiger partial charge in [0.15, 0.2) is 0 Å². The minimum Gasteiger partial charge on any atom is -0.391 e. The molecule has 0 aliphatic carbocycles. The van der Waals surface area contributed by atoms with E-state index < -0.39 is 23.8 Å². The van der Waals surface area contributed by atoms with Gasteiger partial charge in [-0.3, -0.25) is 0 Å². The van der Waals surface area contributed by atoms with Crippen molar-refractivity contribution in [2.45, 2.75) is 18.9 Å². The molecule has 0 aromatic heterocycles. The molecule has 0 aliphatic heterocycles. The summed E-state index contributed by atoms with van der Waals surface area (Å²) >= 11 is 0. The Kier molecular flexibility index (Phi) is 7.63. The number of amides is 2. The number of aliphatic hydroxyl groups excluding tert-OH is 1. The average molecular weight is 302 g/mol. The molecule has 1 unspecified atom stereocenters. The van der Waals surface area contributed by atoms with E-state index >= 15 is 0 Å². The molecule has 0 aliphatic rings. The molecule has 2 amide bonds. The number of carbonyl (C=O) groups is 1. The van der Waals surface area contributed by atoms with E-state index in [9.17, 15) is 18.7 Å². The number of carbonyl (C=O) groups excluding carboxylic acids is 1. The average Bonchev–Trinajstić information content (AvgIpc) is 2.43. The Morgan fingerprint density at radius 2 is 2.05 bits per heavy atom. The first kappa shape index (κ1) is 17.3. The van der Waals surface area contributed by atoms with Crippen molar-refractivity contribution in [2.75, 3.05) is 26.8 Å². The standard InChI is InChI=1S/C14H20F2N2O3/c1-21-9-12(19)5-7-18-14(20)17-6-4-10-8-11(15)2-3-13(10)16/h2-3,8,12,19H,4-7,9H2,1H3,(H2,17,18,20). The maximum atomic E-state index is 13.3. The van der Waals surface area contributed by atoms with Crippen LogP contribution in [0, 0.1) is 11.6 Å². The molecule has 0 bridgehead atoms. The van der Waals surface area contributed by atoms with Gasteiger partial charge in [0.1, 0.15) is 11.6 Å². The van der Waals surface area contributed by atoms with Crippen molar-refractivity contribution in [1.29, 1.82) is 0 Å². The van der Waals surface area contributed by atoms with Gasteiger partial charge >= 0.3 is 6.03 Å². The van der Waals surface area contributed by atoms with Crippen LogP contribution in [0.5, 0.6) is 0 Å². The van der Waals surface area contributed by atoms with E-state index in [0.717, 1.165) is 18.2 Å². The molecule has 21 heavy (non-hydrogen) atoms. The smallest absolute Gasteiger partial charge is 0.314 e. The van der Waals surface area contributed by atoms with Gasteiger partial charge < -0.3 is 20.5 Å². The molecule has 0 fully saturated rings. The van der Waals surface area contributed by atoms with E-state index in [1.807, 2.05) is 0 Å². The first-order valence-corrected chi connectivity index (χ1v) is 6.65. The Balaban J connectivity index is 2.20. The Bertz CT molecular complexity index is 458. The number of hydrogen-bond donors (Lipinski definition) is 3. The van der Waals surface area contributed by atoms with Crippen molar-refractivity contribution < 1.29 is 23.4 Å². The number of halogens is 2. The zero-order chi connectivity index (χ0) is 15.7. The fourth-order valence-corrected chi connectivity index (χ4v) is 1.74. The zero-order valence-electron chi connectivity index (χ0n) is 11.9. The molecule has 7 heteroatoms.